The minimum Gasteiger partial charge on any atom is -0.158 e. The largest absolute Gasteiger partial charge is 0.158 e. The molecular weight excluding hydrogens is 164 g/mol. The highest BCUT2D eigenvalue weighted by Gasteiger charge is 2.23. The summed E-state index contributed by atoms with van der Waals surface area (Å²) in [4.78, 5) is 0. The molecule has 1 saturated heterocycles. The van der Waals surface area contributed by atoms with Crippen molar-refractivity contribution in [2.45, 2.75) is 57.6 Å². The lowest BCUT2D eigenvalue weighted by atomic mass is 9.92. The van der Waals surface area contributed by atoms with Crippen LogP contribution in [0.25, 0.3) is 0 Å². The van der Waals surface area contributed by atoms with Crippen molar-refractivity contribution in [2.75, 3.05) is 5.75 Å². The second-order valence-corrected chi connectivity index (χ2v) is 5.24. The zero-order chi connectivity index (χ0) is 8.81. The van der Waals surface area contributed by atoms with E-state index in [1.165, 1.54) is 44.3 Å². The summed E-state index contributed by atoms with van der Waals surface area (Å²) in [6, 6.07) is 0. The maximum absolute atomic E-state index is 2.32. The zero-order valence-corrected chi connectivity index (χ0v) is 9.33. The molecule has 1 atom stereocenters. The lowest BCUT2D eigenvalue weighted by Gasteiger charge is -2.21. The van der Waals surface area contributed by atoms with Gasteiger partial charge in [0.1, 0.15) is 0 Å². The quantitative estimate of drug-likeness (QED) is 0.623. The highest BCUT2D eigenvalue weighted by Crippen LogP contribution is 2.36. The van der Waals surface area contributed by atoms with Crippen LogP contribution in [0.5, 0.6) is 0 Å². The van der Waals surface area contributed by atoms with Crippen molar-refractivity contribution < 1.29 is 0 Å². The third-order valence-corrected chi connectivity index (χ3v) is 4.38. The van der Waals surface area contributed by atoms with Gasteiger partial charge in [-0.15, -0.1) is 0 Å². The van der Waals surface area contributed by atoms with E-state index in [4.69, 9.17) is 0 Å². The number of hydrogen-bond donors (Lipinski definition) is 0. The zero-order valence-electron chi connectivity index (χ0n) is 8.51. The monoisotopic (exact) mass is 186 g/mol. The van der Waals surface area contributed by atoms with Crippen molar-refractivity contribution in [3.05, 3.63) is 0 Å². The maximum atomic E-state index is 2.32. The molecule has 1 aliphatic heterocycles. The Hall–Kier alpha value is 0.350. The van der Waals surface area contributed by atoms with Crippen molar-refractivity contribution in [2.24, 2.45) is 5.92 Å². The average Bonchev–Trinajstić information content (AvgIpc) is 2.56. The van der Waals surface area contributed by atoms with Crippen molar-refractivity contribution in [1.29, 1.82) is 0 Å². The predicted octanol–water partition coefficient (Wildman–Crippen LogP) is 4.10. The summed E-state index contributed by atoms with van der Waals surface area (Å²) in [5.74, 6) is 2.46. The summed E-state index contributed by atoms with van der Waals surface area (Å²) in [6.45, 7) is 4.64. The maximum Gasteiger partial charge on any atom is 0.00756 e. The highest BCUT2D eigenvalue weighted by molar-refractivity contribution is 8.00. The summed E-state index contributed by atoms with van der Waals surface area (Å²) < 4.78 is 0. The molecule has 1 rings (SSSR count). The molecule has 1 heteroatoms. The molecule has 0 spiro atoms. The lowest BCUT2D eigenvalue weighted by molar-refractivity contribution is 0.418. The Morgan fingerprint density at radius 1 is 1.25 bits per heavy atom. The Bertz CT molecular complexity index is 99.6. The van der Waals surface area contributed by atoms with Crippen LogP contribution >= 0.6 is 11.8 Å². The third-order valence-electron chi connectivity index (χ3n) is 2.81. The third kappa shape index (κ3) is 3.01. The SMILES string of the molecule is CCCC(CCC)C1CCCS1. The molecule has 1 aliphatic rings. The van der Waals surface area contributed by atoms with E-state index in [9.17, 15) is 0 Å². The highest BCUT2D eigenvalue weighted by atomic mass is 32.2. The lowest BCUT2D eigenvalue weighted by Crippen LogP contribution is -2.14. The van der Waals surface area contributed by atoms with Crippen molar-refractivity contribution >= 4 is 11.8 Å². The molecule has 0 aromatic carbocycles. The first-order chi connectivity index (χ1) is 5.88. The van der Waals surface area contributed by atoms with Gasteiger partial charge in [-0.3, -0.25) is 0 Å². The van der Waals surface area contributed by atoms with Crippen molar-refractivity contribution in [1.82, 2.24) is 0 Å². The molecule has 12 heavy (non-hydrogen) atoms. The fourth-order valence-corrected chi connectivity index (χ4v) is 3.75. The van der Waals surface area contributed by atoms with E-state index in [2.05, 4.69) is 25.6 Å². The van der Waals surface area contributed by atoms with E-state index in [1.54, 1.807) is 0 Å². The van der Waals surface area contributed by atoms with Gasteiger partial charge in [-0.25, -0.2) is 0 Å². The van der Waals surface area contributed by atoms with E-state index < -0.39 is 0 Å². The van der Waals surface area contributed by atoms with Gasteiger partial charge in [0.15, 0.2) is 0 Å². The molecule has 1 heterocycles. The average molecular weight is 186 g/mol. The van der Waals surface area contributed by atoms with Crippen LogP contribution < -0.4 is 0 Å². The van der Waals surface area contributed by atoms with Crippen LogP contribution in [0.4, 0.5) is 0 Å². The van der Waals surface area contributed by atoms with E-state index >= 15 is 0 Å². The fraction of sp³-hybridized carbons (Fsp3) is 1.00. The van der Waals surface area contributed by atoms with Crippen LogP contribution in [0, 0.1) is 5.92 Å². The molecule has 0 amide bonds. The summed E-state index contributed by atoms with van der Waals surface area (Å²) >= 11 is 2.23. The molecule has 0 saturated carbocycles. The van der Waals surface area contributed by atoms with Gasteiger partial charge in [0.2, 0.25) is 0 Å². The normalized spacial score (nSPS) is 23.8. The van der Waals surface area contributed by atoms with Gasteiger partial charge in [-0.05, 0) is 37.4 Å². The molecule has 0 bridgehead atoms. The van der Waals surface area contributed by atoms with E-state index in [0.29, 0.717) is 0 Å². The molecule has 1 fully saturated rings. The number of rotatable bonds is 5. The van der Waals surface area contributed by atoms with Gasteiger partial charge in [0.05, 0.1) is 0 Å². The Morgan fingerprint density at radius 2 is 1.92 bits per heavy atom. The minimum atomic E-state index is 1.02. The first kappa shape index (κ1) is 10.4. The molecule has 0 radical (unpaired) electrons. The summed E-state index contributed by atoms with van der Waals surface area (Å²) in [7, 11) is 0. The summed E-state index contributed by atoms with van der Waals surface area (Å²) in [5, 5.41) is 1.02. The van der Waals surface area contributed by atoms with Crippen LogP contribution in [0.3, 0.4) is 0 Å². The first-order valence-electron chi connectivity index (χ1n) is 5.50. The molecule has 0 aromatic heterocycles. The Balaban J connectivity index is 2.29. The summed E-state index contributed by atoms with van der Waals surface area (Å²) in [5.41, 5.74) is 0. The van der Waals surface area contributed by atoms with Crippen molar-refractivity contribution in [3.8, 4) is 0 Å². The number of hydrogen-bond acceptors (Lipinski definition) is 1. The molecule has 1 unspecified atom stereocenters. The van der Waals surface area contributed by atoms with Gasteiger partial charge >= 0.3 is 0 Å². The predicted molar refractivity (Wildman–Crippen MR) is 58.8 cm³/mol. The Morgan fingerprint density at radius 3 is 2.33 bits per heavy atom. The van der Waals surface area contributed by atoms with Gasteiger partial charge < -0.3 is 0 Å². The fourth-order valence-electron chi connectivity index (χ4n) is 2.23. The standard InChI is InChI=1S/C11H22S/c1-3-6-10(7-4-2)11-8-5-9-12-11/h10-11H,3-9H2,1-2H3. The molecule has 0 N–H and O–H groups in total. The van der Waals surface area contributed by atoms with Gasteiger partial charge in [0.25, 0.3) is 0 Å². The second kappa shape index (κ2) is 5.90. The van der Waals surface area contributed by atoms with Crippen LogP contribution in [0.2, 0.25) is 0 Å². The number of thioether (sulfide) groups is 1. The topological polar surface area (TPSA) is 0 Å². The van der Waals surface area contributed by atoms with Gasteiger partial charge in [0, 0.05) is 5.25 Å². The van der Waals surface area contributed by atoms with Crippen LogP contribution in [-0.2, 0) is 0 Å². The smallest absolute Gasteiger partial charge is 0.00756 e. The summed E-state index contributed by atoms with van der Waals surface area (Å²) in [6.07, 6.45) is 8.65. The Kier molecular flexibility index (Phi) is 5.13. The molecular formula is C11H22S. The van der Waals surface area contributed by atoms with Crippen LogP contribution in [0.1, 0.15) is 52.4 Å². The van der Waals surface area contributed by atoms with E-state index in [1.807, 2.05) is 0 Å². The Labute approximate surface area is 81.5 Å². The van der Waals surface area contributed by atoms with Crippen LogP contribution in [-0.4, -0.2) is 11.0 Å². The molecule has 0 aliphatic carbocycles. The van der Waals surface area contributed by atoms with E-state index in [0.717, 1.165) is 11.2 Å². The molecule has 72 valence electrons. The van der Waals surface area contributed by atoms with Crippen molar-refractivity contribution in [3.63, 3.8) is 0 Å². The molecule has 0 aromatic rings. The van der Waals surface area contributed by atoms with Gasteiger partial charge in [-0.1, -0.05) is 26.7 Å². The van der Waals surface area contributed by atoms with Gasteiger partial charge in [-0.2, -0.15) is 11.8 Å². The first-order valence-corrected chi connectivity index (χ1v) is 6.55. The van der Waals surface area contributed by atoms with Crippen LogP contribution in [0.15, 0.2) is 0 Å². The molecule has 0 nitrogen and oxygen atoms in total. The second-order valence-electron chi connectivity index (χ2n) is 3.89. The van der Waals surface area contributed by atoms with E-state index in [-0.39, 0.29) is 0 Å². The minimum absolute atomic E-state index is 1.02.